The van der Waals surface area contributed by atoms with Gasteiger partial charge in [0.25, 0.3) is 6.43 Å². The van der Waals surface area contributed by atoms with E-state index in [0.717, 1.165) is 0 Å². The van der Waals surface area contributed by atoms with E-state index >= 15 is 0 Å². The van der Waals surface area contributed by atoms with Gasteiger partial charge in [-0.3, -0.25) is 14.2 Å². The molecule has 2 amide bonds. The van der Waals surface area contributed by atoms with Crippen LogP contribution in [0.5, 0.6) is 5.88 Å². The van der Waals surface area contributed by atoms with E-state index in [2.05, 4.69) is 15.0 Å². The molecule has 14 heteroatoms. The lowest BCUT2D eigenvalue weighted by molar-refractivity contribution is -0.144. The number of para-hydroxylation sites is 2. The molecular weight excluding hydrogens is 576 g/mol. The van der Waals surface area contributed by atoms with Gasteiger partial charge in [0.05, 0.1) is 44.0 Å². The summed E-state index contributed by atoms with van der Waals surface area (Å²) in [5.74, 6) is 0.169. The molecule has 0 radical (unpaired) electrons. The average Bonchev–Trinajstić information content (AvgIpc) is 3.46. The van der Waals surface area contributed by atoms with Crippen molar-refractivity contribution < 1.29 is 32.6 Å². The highest BCUT2D eigenvalue weighted by atomic mass is 19.3. The van der Waals surface area contributed by atoms with E-state index in [1.165, 1.54) is 9.47 Å². The summed E-state index contributed by atoms with van der Waals surface area (Å²) in [5, 5.41) is 0. The normalized spacial score (nSPS) is 21.1. The number of rotatable bonds is 8. The van der Waals surface area contributed by atoms with Gasteiger partial charge in [0.1, 0.15) is 11.9 Å². The monoisotopic (exact) mass is 613 g/mol. The molecule has 0 spiro atoms. The van der Waals surface area contributed by atoms with Crippen molar-refractivity contribution in [2.45, 2.75) is 38.2 Å². The van der Waals surface area contributed by atoms with Crippen molar-refractivity contribution in [2.75, 3.05) is 71.1 Å². The maximum Gasteiger partial charge on any atom is 0.296 e. The molecule has 3 fully saturated rings. The fourth-order valence-corrected chi connectivity index (χ4v) is 6.02. The van der Waals surface area contributed by atoms with E-state index in [0.29, 0.717) is 95.3 Å². The summed E-state index contributed by atoms with van der Waals surface area (Å²) < 4.78 is 46.8. The third kappa shape index (κ3) is 6.60. The van der Waals surface area contributed by atoms with Gasteiger partial charge < -0.3 is 28.9 Å². The van der Waals surface area contributed by atoms with Crippen molar-refractivity contribution in [3.05, 3.63) is 36.2 Å². The Bertz CT molecular complexity index is 1470. The zero-order chi connectivity index (χ0) is 30.6. The first-order valence-electron chi connectivity index (χ1n) is 15.1. The molecule has 3 aliphatic rings. The Morgan fingerprint density at radius 1 is 0.977 bits per heavy atom. The minimum Gasteiger partial charge on any atom is -0.474 e. The van der Waals surface area contributed by atoms with Crippen LogP contribution in [0.3, 0.4) is 0 Å². The summed E-state index contributed by atoms with van der Waals surface area (Å²) in [4.78, 5) is 44.5. The van der Waals surface area contributed by atoms with Gasteiger partial charge >= 0.3 is 0 Å². The lowest BCUT2D eigenvalue weighted by Gasteiger charge is -2.32. The molecule has 1 aromatic carbocycles. The molecule has 0 atom stereocenters. The predicted molar refractivity (Wildman–Crippen MR) is 156 cm³/mol. The molecule has 12 nitrogen and oxygen atoms in total. The summed E-state index contributed by atoms with van der Waals surface area (Å²) in [6.45, 7) is 4.29. The van der Waals surface area contributed by atoms with E-state index in [1.54, 1.807) is 42.3 Å². The molecule has 2 aromatic heterocycles. The van der Waals surface area contributed by atoms with Crippen LogP contribution in [0.1, 0.15) is 37.9 Å². The Labute approximate surface area is 253 Å². The number of fused-ring (bicyclic) bond motifs is 1. The number of hydrogen-bond acceptors (Lipinski definition) is 9. The number of anilines is 1. The van der Waals surface area contributed by atoms with Crippen molar-refractivity contribution in [2.24, 2.45) is 5.92 Å². The number of imidazole rings is 1. The highest BCUT2D eigenvalue weighted by Crippen LogP contribution is 2.32. The topological polar surface area (TPSA) is 115 Å². The molecule has 6 rings (SSSR count). The smallest absolute Gasteiger partial charge is 0.296 e. The van der Waals surface area contributed by atoms with Crippen LogP contribution < -0.4 is 9.64 Å². The van der Waals surface area contributed by atoms with Crippen LogP contribution in [-0.4, -0.2) is 113 Å². The number of amides is 2. The molecule has 2 aliphatic heterocycles. The molecule has 236 valence electrons. The number of nitrogens with zero attached hydrogens (tertiary/aromatic N) is 7. The van der Waals surface area contributed by atoms with Crippen molar-refractivity contribution in [1.29, 1.82) is 0 Å². The number of benzene rings is 1. The minimum atomic E-state index is -2.82. The second kappa shape index (κ2) is 13.4. The Kier molecular flexibility index (Phi) is 9.17. The summed E-state index contributed by atoms with van der Waals surface area (Å²) in [5.41, 5.74) is 0.951. The third-order valence-corrected chi connectivity index (χ3v) is 8.41. The minimum absolute atomic E-state index is 0.0458. The van der Waals surface area contributed by atoms with Crippen molar-refractivity contribution >= 4 is 28.8 Å². The Morgan fingerprint density at radius 3 is 2.36 bits per heavy atom. The number of alkyl halides is 2. The van der Waals surface area contributed by atoms with E-state index < -0.39 is 12.2 Å². The number of ether oxygens (including phenoxy) is 3. The van der Waals surface area contributed by atoms with Gasteiger partial charge in [0.2, 0.25) is 23.6 Å². The van der Waals surface area contributed by atoms with Crippen LogP contribution in [0, 0.1) is 5.92 Å². The lowest BCUT2D eigenvalue weighted by atomic mass is 9.86. The zero-order valence-electron chi connectivity index (χ0n) is 24.7. The van der Waals surface area contributed by atoms with Crippen LogP contribution in [-0.2, 0) is 19.1 Å². The zero-order valence-corrected chi connectivity index (χ0v) is 24.7. The summed E-state index contributed by atoms with van der Waals surface area (Å²) in [6, 6.07) is 8.52. The lowest BCUT2D eigenvalue weighted by Crippen LogP contribution is -2.47. The van der Waals surface area contributed by atoms with Crippen LogP contribution in [0.25, 0.3) is 16.9 Å². The van der Waals surface area contributed by atoms with Crippen LogP contribution in [0.15, 0.2) is 30.3 Å². The highest BCUT2D eigenvalue weighted by molar-refractivity contribution is 5.86. The van der Waals surface area contributed by atoms with E-state index in [4.69, 9.17) is 14.2 Å². The molecule has 2 saturated heterocycles. The highest BCUT2D eigenvalue weighted by Gasteiger charge is 2.31. The van der Waals surface area contributed by atoms with Crippen LogP contribution >= 0.6 is 0 Å². The third-order valence-electron chi connectivity index (χ3n) is 8.41. The molecule has 0 unspecified atom stereocenters. The first-order chi connectivity index (χ1) is 21.4. The molecule has 1 saturated carbocycles. The Balaban J connectivity index is 1.17. The number of halogens is 2. The largest absolute Gasteiger partial charge is 0.474 e. The molecule has 4 heterocycles. The fourth-order valence-electron chi connectivity index (χ4n) is 6.02. The maximum atomic E-state index is 14.2. The molecule has 0 N–H and O–H groups in total. The number of carbonyl (C=O) groups excluding carboxylic acids is 2. The van der Waals surface area contributed by atoms with Gasteiger partial charge in [-0.1, -0.05) is 12.1 Å². The fraction of sp³-hybridized carbons (Fsp3) is 0.567. The molecular formula is C30H37F2N7O5. The summed E-state index contributed by atoms with van der Waals surface area (Å²) in [7, 11) is 1.67. The van der Waals surface area contributed by atoms with E-state index in [1.807, 2.05) is 4.90 Å². The molecule has 1 aliphatic carbocycles. The first kappa shape index (κ1) is 30.1. The van der Waals surface area contributed by atoms with Crippen molar-refractivity contribution in [3.63, 3.8) is 0 Å². The summed E-state index contributed by atoms with van der Waals surface area (Å²) in [6.07, 6.45) is -0.586. The van der Waals surface area contributed by atoms with Crippen LogP contribution in [0.4, 0.5) is 14.7 Å². The van der Waals surface area contributed by atoms with Gasteiger partial charge in [-0.2, -0.15) is 9.97 Å². The summed E-state index contributed by atoms with van der Waals surface area (Å²) >= 11 is 0. The quantitative estimate of drug-likeness (QED) is 0.378. The van der Waals surface area contributed by atoms with Gasteiger partial charge in [-0.15, -0.1) is 0 Å². The van der Waals surface area contributed by atoms with Gasteiger partial charge in [0, 0.05) is 45.2 Å². The predicted octanol–water partition coefficient (Wildman–Crippen LogP) is 2.84. The van der Waals surface area contributed by atoms with Crippen LogP contribution in [0.2, 0.25) is 0 Å². The number of aromatic nitrogens is 4. The number of carbonyl (C=O) groups is 2. The SMILES string of the molecule is CN(CC(=O)N1CCOCC1)C(=O)C1CCC(Oc2cc(-n3c(C(F)F)nc4ccccc43)nc(N3CCOCC3)n2)CC1. The number of likely N-dealkylation sites (N-methyl/N-ethyl adjacent to an activating group) is 1. The second-order valence-corrected chi connectivity index (χ2v) is 11.3. The van der Waals surface area contributed by atoms with Gasteiger partial charge in [-0.25, -0.2) is 13.8 Å². The Hall–Kier alpha value is -3.91. The van der Waals surface area contributed by atoms with Crippen molar-refractivity contribution in [3.8, 4) is 11.7 Å². The number of morpholine rings is 2. The van der Waals surface area contributed by atoms with Gasteiger partial charge in [0.15, 0.2) is 5.82 Å². The molecule has 44 heavy (non-hydrogen) atoms. The Morgan fingerprint density at radius 2 is 1.66 bits per heavy atom. The van der Waals surface area contributed by atoms with Gasteiger partial charge in [-0.05, 0) is 37.8 Å². The molecule has 3 aromatic rings. The van der Waals surface area contributed by atoms with E-state index in [-0.39, 0.29) is 42.1 Å². The molecule has 0 bridgehead atoms. The first-order valence-corrected chi connectivity index (χ1v) is 15.1. The number of hydrogen-bond donors (Lipinski definition) is 0. The van der Waals surface area contributed by atoms with E-state index in [9.17, 15) is 18.4 Å². The second-order valence-electron chi connectivity index (χ2n) is 11.3. The van der Waals surface area contributed by atoms with Crippen molar-refractivity contribution in [1.82, 2.24) is 29.3 Å². The average molecular weight is 614 g/mol. The maximum absolute atomic E-state index is 14.2. The standard InChI is InChI=1S/C30H37F2N7O5/c1-36(19-26(40)37-10-14-42-15-11-37)29(41)20-6-8-21(9-7-20)44-25-18-24(34-30(35-25)38-12-16-43-17-13-38)39-23-5-3-2-4-22(23)33-28(39)27(31)32/h2-5,18,20-21,27H,6-17,19H2,1H3.